The van der Waals surface area contributed by atoms with Crippen LogP contribution in [0.2, 0.25) is 20.1 Å². The number of thiazole rings is 1. The Kier molecular flexibility index (Phi) is 12.3. The first kappa shape index (κ1) is 37.2. The van der Waals surface area contributed by atoms with Crippen LogP contribution >= 0.6 is 69.5 Å². The van der Waals surface area contributed by atoms with Gasteiger partial charge in [-0.1, -0.05) is 113 Å². The van der Waals surface area contributed by atoms with E-state index < -0.39 is 17.1 Å². The van der Waals surface area contributed by atoms with Gasteiger partial charge in [-0.2, -0.15) is 0 Å². The molecule has 0 saturated carbocycles. The van der Waals surface area contributed by atoms with Crippen LogP contribution in [0.1, 0.15) is 26.7 Å². The fraction of sp³-hybridized carbons (Fsp3) is 0.0256. The molecule has 5 aromatic carbocycles. The summed E-state index contributed by atoms with van der Waals surface area (Å²) in [6, 6.07) is 35.2. The Hall–Kier alpha value is -4.61. The Balaban J connectivity index is 1.18. The second-order valence-electron chi connectivity index (χ2n) is 11.1. The van der Waals surface area contributed by atoms with Crippen molar-refractivity contribution in [1.29, 1.82) is 0 Å². The highest BCUT2D eigenvalue weighted by atomic mass is 35.5. The van der Waals surface area contributed by atoms with Crippen molar-refractivity contribution in [3.63, 3.8) is 0 Å². The molecule has 0 spiro atoms. The summed E-state index contributed by atoms with van der Waals surface area (Å²) in [5.41, 5.74) is 3.49. The van der Waals surface area contributed by atoms with E-state index in [1.807, 2.05) is 41.8 Å². The zero-order valence-corrected chi connectivity index (χ0v) is 31.4. The van der Waals surface area contributed by atoms with E-state index in [1.54, 1.807) is 84.9 Å². The van der Waals surface area contributed by atoms with Gasteiger partial charge in [0.15, 0.2) is 5.13 Å². The summed E-state index contributed by atoms with van der Waals surface area (Å²) in [5, 5.41) is 11.5. The van der Waals surface area contributed by atoms with Crippen molar-refractivity contribution in [2.45, 2.75) is 10.1 Å². The van der Waals surface area contributed by atoms with E-state index in [4.69, 9.17) is 46.4 Å². The maximum atomic E-state index is 13.7. The van der Waals surface area contributed by atoms with Crippen LogP contribution in [-0.4, -0.2) is 22.7 Å². The Labute approximate surface area is 328 Å². The molecule has 0 radical (unpaired) electrons. The third-order valence-electron chi connectivity index (χ3n) is 7.47. The average molecular weight is 805 g/mol. The van der Waals surface area contributed by atoms with Gasteiger partial charge in [-0.3, -0.25) is 14.4 Å². The molecule has 0 fully saturated rings. The van der Waals surface area contributed by atoms with Gasteiger partial charge >= 0.3 is 0 Å². The molecule has 1 aromatic heterocycles. The summed E-state index contributed by atoms with van der Waals surface area (Å²) in [6.07, 6.45) is 1.47. The molecule has 13 heteroatoms. The minimum absolute atomic E-state index is 0.0400. The van der Waals surface area contributed by atoms with Crippen molar-refractivity contribution in [3.05, 3.63) is 169 Å². The van der Waals surface area contributed by atoms with E-state index >= 15 is 0 Å². The van der Waals surface area contributed by atoms with Crippen LogP contribution in [0.5, 0.6) is 0 Å². The smallest absolute Gasteiger partial charge is 0.272 e. The highest BCUT2D eigenvalue weighted by Gasteiger charge is 2.24. The number of amides is 3. The number of nitrogens with zero attached hydrogens (tertiary/aromatic N) is 1. The van der Waals surface area contributed by atoms with E-state index in [0.717, 1.165) is 16.0 Å². The minimum atomic E-state index is -0.621. The van der Waals surface area contributed by atoms with Gasteiger partial charge in [0.2, 0.25) is 5.91 Å². The normalized spacial score (nSPS) is 11.8. The molecular formula is C39H26Cl4N4O3S2. The zero-order chi connectivity index (χ0) is 36.6. The molecule has 1 atom stereocenters. The maximum Gasteiger partial charge on any atom is 0.272 e. The molecule has 1 unspecified atom stereocenters. The van der Waals surface area contributed by atoms with Gasteiger partial charge in [-0.15, -0.1) is 23.1 Å². The quantitative estimate of drug-likeness (QED) is 0.0894. The molecule has 0 aliphatic rings. The molecule has 3 N–H and O–H groups in total. The lowest BCUT2D eigenvalue weighted by Crippen LogP contribution is -2.30. The third-order valence-corrected chi connectivity index (χ3v) is 11.1. The van der Waals surface area contributed by atoms with Crippen LogP contribution in [-0.2, 0) is 9.59 Å². The number of rotatable bonds is 11. The van der Waals surface area contributed by atoms with Crippen molar-refractivity contribution in [1.82, 2.24) is 10.3 Å². The fourth-order valence-electron chi connectivity index (χ4n) is 4.87. The van der Waals surface area contributed by atoms with E-state index in [9.17, 15) is 14.4 Å². The molecule has 0 aliphatic carbocycles. The van der Waals surface area contributed by atoms with Gasteiger partial charge in [-0.05, 0) is 71.8 Å². The zero-order valence-electron chi connectivity index (χ0n) is 26.8. The van der Waals surface area contributed by atoms with Crippen LogP contribution in [0.4, 0.5) is 10.8 Å². The average Bonchev–Trinajstić information content (AvgIpc) is 3.62. The van der Waals surface area contributed by atoms with Crippen molar-refractivity contribution >= 4 is 104 Å². The van der Waals surface area contributed by atoms with Crippen LogP contribution < -0.4 is 16.0 Å². The van der Waals surface area contributed by atoms with Crippen LogP contribution in [0.3, 0.4) is 0 Å². The van der Waals surface area contributed by atoms with Crippen molar-refractivity contribution < 1.29 is 14.4 Å². The lowest BCUT2D eigenvalue weighted by molar-refractivity contribution is -0.116. The number of hydrogen-bond acceptors (Lipinski definition) is 6. The first-order chi connectivity index (χ1) is 25.1. The number of halogens is 4. The van der Waals surface area contributed by atoms with Crippen molar-refractivity contribution in [2.24, 2.45) is 0 Å². The second-order valence-corrected chi connectivity index (χ2v) is 14.7. The van der Waals surface area contributed by atoms with Gasteiger partial charge in [0.1, 0.15) is 10.9 Å². The Bertz CT molecular complexity index is 2270. The SMILES string of the molecule is O=C(Nc1ccc(SC(C(=O)Nc2nc(-c3ccc(Cl)c(Cl)c3)cs2)c2ccccc2)cc1)/C(=C/c1cccc(Cl)c1Cl)NC(=O)c1ccccc1. The fourth-order valence-corrected chi connectivity index (χ4v) is 7.28. The minimum Gasteiger partial charge on any atom is -0.321 e. The predicted molar refractivity (Wildman–Crippen MR) is 215 cm³/mol. The first-order valence-corrected chi connectivity index (χ1v) is 18.8. The summed E-state index contributed by atoms with van der Waals surface area (Å²) in [7, 11) is 0. The number of nitrogens with one attached hydrogen (secondary N) is 3. The number of benzene rings is 5. The van der Waals surface area contributed by atoms with Gasteiger partial charge in [0, 0.05) is 27.1 Å². The summed E-state index contributed by atoms with van der Waals surface area (Å²) in [5.74, 6) is -1.31. The first-order valence-electron chi connectivity index (χ1n) is 15.5. The predicted octanol–water partition coefficient (Wildman–Crippen LogP) is 11.3. The Morgan fingerprint density at radius 3 is 2.15 bits per heavy atom. The van der Waals surface area contributed by atoms with E-state index in [2.05, 4.69) is 20.9 Å². The topological polar surface area (TPSA) is 100 Å². The monoisotopic (exact) mass is 802 g/mol. The van der Waals surface area contributed by atoms with E-state index in [1.165, 1.54) is 29.2 Å². The molecule has 6 aromatic rings. The summed E-state index contributed by atoms with van der Waals surface area (Å²) in [4.78, 5) is 45.7. The lowest BCUT2D eigenvalue weighted by Gasteiger charge is -2.17. The number of carbonyl (C=O) groups is 3. The molecule has 7 nitrogen and oxygen atoms in total. The highest BCUT2D eigenvalue weighted by molar-refractivity contribution is 8.00. The van der Waals surface area contributed by atoms with Crippen molar-refractivity contribution in [2.75, 3.05) is 10.6 Å². The number of hydrogen-bond donors (Lipinski definition) is 3. The van der Waals surface area contributed by atoms with Crippen LogP contribution in [0, 0.1) is 0 Å². The number of thioether (sulfide) groups is 1. The largest absolute Gasteiger partial charge is 0.321 e. The summed E-state index contributed by atoms with van der Waals surface area (Å²) in [6.45, 7) is 0. The van der Waals surface area contributed by atoms with Crippen LogP contribution in [0.15, 0.2) is 137 Å². The number of carbonyl (C=O) groups excluding carboxylic acids is 3. The maximum absolute atomic E-state index is 13.7. The molecule has 0 saturated heterocycles. The molecule has 3 amide bonds. The Morgan fingerprint density at radius 1 is 0.731 bits per heavy atom. The third kappa shape index (κ3) is 9.43. The lowest BCUT2D eigenvalue weighted by atomic mass is 10.1. The van der Waals surface area contributed by atoms with Gasteiger partial charge in [0.05, 0.1) is 25.8 Å². The summed E-state index contributed by atoms with van der Waals surface area (Å²) < 4.78 is 0. The second kappa shape index (κ2) is 17.3. The molecule has 0 bridgehead atoms. The van der Waals surface area contributed by atoms with Gasteiger partial charge in [-0.25, -0.2) is 4.98 Å². The van der Waals surface area contributed by atoms with Gasteiger partial charge in [0.25, 0.3) is 11.8 Å². The van der Waals surface area contributed by atoms with Gasteiger partial charge < -0.3 is 16.0 Å². The van der Waals surface area contributed by atoms with Crippen LogP contribution in [0.25, 0.3) is 17.3 Å². The standard InChI is InChI=1S/C39H26Cl4N4O3S2/c40-29-19-14-25(20-31(29)42)33-22-51-39(46-33)47-38(50)35(23-8-3-1-4-9-23)52-28-17-15-27(16-18-28)44-37(49)32(21-26-12-7-13-30(41)34(26)43)45-36(48)24-10-5-2-6-11-24/h1-22,35H,(H,44,49)(H,45,48)(H,46,47,50)/b32-21-. The van der Waals surface area contributed by atoms with E-state index in [0.29, 0.717) is 42.7 Å². The molecule has 1 heterocycles. The van der Waals surface area contributed by atoms with E-state index in [-0.39, 0.29) is 16.6 Å². The molecule has 52 heavy (non-hydrogen) atoms. The van der Waals surface area contributed by atoms with Crippen molar-refractivity contribution in [3.8, 4) is 11.3 Å². The number of anilines is 2. The molecule has 260 valence electrons. The highest BCUT2D eigenvalue weighted by Crippen LogP contribution is 2.38. The summed E-state index contributed by atoms with van der Waals surface area (Å²) >= 11 is 27.5. The molecule has 0 aliphatic heterocycles. The molecular weight excluding hydrogens is 778 g/mol. The molecule has 6 rings (SSSR count). The Morgan fingerprint density at radius 2 is 1.44 bits per heavy atom. The number of aromatic nitrogens is 1.